The van der Waals surface area contributed by atoms with Crippen LogP contribution in [0.1, 0.15) is 101 Å². The summed E-state index contributed by atoms with van der Waals surface area (Å²) in [5.74, 6) is 0. The van der Waals surface area contributed by atoms with Gasteiger partial charge in [-0.1, -0.05) is 162 Å². The first-order chi connectivity index (χ1) is 16.8. The molecule has 188 valence electrons. The van der Waals surface area contributed by atoms with Crippen molar-refractivity contribution in [3.8, 4) is 11.1 Å². The predicted octanol–water partition coefficient (Wildman–Crippen LogP) is 12.1. The van der Waals surface area contributed by atoms with E-state index >= 15 is 0 Å². The van der Waals surface area contributed by atoms with Gasteiger partial charge in [-0.05, 0) is 50.2 Å². The summed E-state index contributed by atoms with van der Waals surface area (Å²) < 4.78 is 0. The minimum Gasteiger partial charge on any atom is -0.0683 e. The summed E-state index contributed by atoms with van der Waals surface area (Å²) in [7, 11) is 0. The minimum atomic E-state index is 1.05. The fraction of sp³-hybridized carbons (Fsp3) is 0.412. The molecule has 4 aromatic carbocycles. The highest BCUT2D eigenvalue weighted by atomic mass is 14.2. The Morgan fingerprint density at radius 1 is 0.441 bits per heavy atom. The molecule has 0 amide bonds. The fourth-order valence-corrected chi connectivity index (χ4v) is 3.73. The number of hydrogen-bond acceptors (Lipinski definition) is 0. The lowest BCUT2D eigenvalue weighted by Gasteiger charge is -2.05. The fourth-order valence-electron chi connectivity index (χ4n) is 3.73. The van der Waals surface area contributed by atoms with Crippen molar-refractivity contribution in [2.24, 2.45) is 0 Å². The molecule has 0 aromatic heterocycles. The van der Waals surface area contributed by atoms with E-state index < -0.39 is 0 Å². The van der Waals surface area contributed by atoms with E-state index in [0.717, 1.165) is 6.42 Å². The third-order valence-corrected chi connectivity index (χ3v) is 4.72. The van der Waals surface area contributed by atoms with Gasteiger partial charge in [0.05, 0.1) is 0 Å². The Morgan fingerprint density at radius 2 is 0.735 bits per heavy atom. The third-order valence-electron chi connectivity index (χ3n) is 4.72. The molecule has 0 radical (unpaired) electrons. The van der Waals surface area contributed by atoms with Gasteiger partial charge in [0.25, 0.3) is 0 Å². The summed E-state index contributed by atoms with van der Waals surface area (Å²) in [6, 6.07) is 26.5. The van der Waals surface area contributed by atoms with Gasteiger partial charge in [0, 0.05) is 0 Å². The van der Waals surface area contributed by atoms with E-state index in [0.29, 0.717) is 0 Å². The molecule has 4 aromatic rings. The molecule has 1 aliphatic rings. The van der Waals surface area contributed by atoms with Gasteiger partial charge < -0.3 is 0 Å². The smallest absolute Gasteiger partial charge is 0.000112 e. The zero-order valence-electron chi connectivity index (χ0n) is 24.3. The largest absolute Gasteiger partial charge is 0.0683 e. The van der Waals surface area contributed by atoms with Crippen molar-refractivity contribution < 1.29 is 0 Å². The normalized spacial score (nSPS) is 9.18. The summed E-state index contributed by atoms with van der Waals surface area (Å²) in [6.07, 6.45) is 2.30. The molecule has 0 fully saturated rings. The molecule has 0 bridgehead atoms. The topological polar surface area (TPSA) is 0 Å². The number of rotatable bonds is 0. The second-order valence-corrected chi connectivity index (χ2v) is 6.51. The molecule has 0 unspecified atom stereocenters. The highest BCUT2D eigenvalue weighted by Gasteiger charge is 2.21. The zero-order chi connectivity index (χ0) is 26.5. The van der Waals surface area contributed by atoms with E-state index in [4.69, 9.17) is 0 Å². The standard InChI is InChI=1S/C21H14.C3H8.5C2H6/c1-3-7-16-14(5-1)9-11-18-19-12-10-15-6-2-4-8-17(15)21(19)13-20(16)18;1-3-2;5*1-2/h1-12H,13H2;3H2,1-2H3;5*1-2H3. The van der Waals surface area contributed by atoms with E-state index in [1.165, 1.54) is 50.2 Å². The van der Waals surface area contributed by atoms with Gasteiger partial charge >= 0.3 is 0 Å². The lowest BCUT2D eigenvalue weighted by Crippen LogP contribution is -1.84. The van der Waals surface area contributed by atoms with Gasteiger partial charge in [0.15, 0.2) is 0 Å². The molecule has 0 spiro atoms. The monoisotopic (exact) mass is 460 g/mol. The van der Waals surface area contributed by atoms with Gasteiger partial charge in [-0.3, -0.25) is 0 Å². The first-order valence-electron chi connectivity index (χ1n) is 13.8. The van der Waals surface area contributed by atoms with Crippen molar-refractivity contribution in [3.63, 3.8) is 0 Å². The van der Waals surface area contributed by atoms with Crippen LogP contribution in [0.5, 0.6) is 0 Å². The lowest BCUT2D eigenvalue weighted by atomic mass is 9.99. The van der Waals surface area contributed by atoms with Gasteiger partial charge in [-0.2, -0.15) is 0 Å². The van der Waals surface area contributed by atoms with E-state index in [9.17, 15) is 0 Å². The number of fused-ring (bicyclic) bond motifs is 7. The van der Waals surface area contributed by atoms with E-state index in [-0.39, 0.29) is 0 Å². The molecule has 0 N–H and O–H groups in total. The molecule has 0 atom stereocenters. The summed E-state index contributed by atoms with van der Waals surface area (Å²) in [5.41, 5.74) is 5.79. The van der Waals surface area contributed by atoms with Crippen LogP contribution in [0.4, 0.5) is 0 Å². The van der Waals surface area contributed by atoms with Crippen LogP contribution in [0.15, 0.2) is 72.8 Å². The van der Waals surface area contributed by atoms with Crippen LogP contribution >= 0.6 is 0 Å². The van der Waals surface area contributed by atoms with E-state index in [2.05, 4.69) is 86.6 Å². The number of benzene rings is 4. The minimum absolute atomic E-state index is 1.05. The van der Waals surface area contributed by atoms with Crippen molar-refractivity contribution in [3.05, 3.63) is 83.9 Å². The molecule has 0 heterocycles. The van der Waals surface area contributed by atoms with Crippen LogP contribution in [0.25, 0.3) is 32.7 Å². The van der Waals surface area contributed by atoms with Crippen LogP contribution in [0.2, 0.25) is 0 Å². The van der Waals surface area contributed by atoms with Crippen molar-refractivity contribution in [1.29, 1.82) is 0 Å². The third kappa shape index (κ3) is 8.32. The van der Waals surface area contributed by atoms with Crippen molar-refractivity contribution in [2.45, 2.75) is 95.9 Å². The Labute approximate surface area is 212 Å². The molecule has 0 aliphatic heterocycles. The first-order valence-corrected chi connectivity index (χ1v) is 13.8. The Morgan fingerprint density at radius 3 is 1.06 bits per heavy atom. The van der Waals surface area contributed by atoms with Crippen LogP contribution < -0.4 is 0 Å². The van der Waals surface area contributed by atoms with Gasteiger partial charge in [0.1, 0.15) is 0 Å². The van der Waals surface area contributed by atoms with Crippen LogP contribution in [-0.4, -0.2) is 0 Å². The first kappa shape index (κ1) is 33.6. The SMILES string of the molecule is CC.CC.CC.CC.CC.CCC.c1ccc2c3c(ccc2c1)-c1ccc2ccccc2c1C3. The molecule has 0 heteroatoms. The van der Waals surface area contributed by atoms with Crippen molar-refractivity contribution >= 4 is 21.5 Å². The molecular formula is C34H52. The van der Waals surface area contributed by atoms with Gasteiger partial charge in [-0.15, -0.1) is 0 Å². The van der Waals surface area contributed by atoms with Crippen LogP contribution in [-0.2, 0) is 6.42 Å². The molecule has 0 nitrogen and oxygen atoms in total. The average Bonchev–Trinajstić information content (AvgIpc) is 3.35. The molecule has 5 rings (SSSR count). The average molecular weight is 461 g/mol. The summed E-state index contributed by atoms with van der Waals surface area (Å²) in [4.78, 5) is 0. The Hall–Kier alpha value is -2.60. The zero-order valence-corrected chi connectivity index (χ0v) is 24.3. The van der Waals surface area contributed by atoms with E-state index in [1.54, 1.807) is 0 Å². The second-order valence-electron chi connectivity index (χ2n) is 6.51. The summed E-state index contributed by atoms with van der Waals surface area (Å²) >= 11 is 0. The molecule has 34 heavy (non-hydrogen) atoms. The maximum atomic E-state index is 2.29. The number of hydrogen-bond donors (Lipinski definition) is 0. The molecular weight excluding hydrogens is 408 g/mol. The predicted molar refractivity (Wildman–Crippen MR) is 162 cm³/mol. The van der Waals surface area contributed by atoms with Gasteiger partial charge in [0.2, 0.25) is 0 Å². The Kier molecular flexibility index (Phi) is 20.7. The Bertz CT molecular complexity index is 941. The summed E-state index contributed by atoms with van der Waals surface area (Å²) in [5, 5.41) is 5.48. The summed E-state index contributed by atoms with van der Waals surface area (Å²) in [6.45, 7) is 24.2. The second kappa shape index (κ2) is 21.0. The van der Waals surface area contributed by atoms with Crippen LogP contribution in [0, 0.1) is 0 Å². The maximum Gasteiger partial charge on any atom is -0.000112 e. The molecule has 1 aliphatic carbocycles. The molecule has 0 saturated heterocycles. The van der Waals surface area contributed by atoms with Crippen molar-refractivity contribution in [1.82, 2.24) is 0 Å². The van der Waals surface area contributed by atoms with Crippen LogP contribution in [0.3, 0.4) is 0 Å². The van der Waals surface area contributed by atoms with E-state index in [1.807, 2.05) is 69.2 Å². The quantitative estimate of drug-likeness (QED) is 0.215. The maximum absolute atomic E-state index is 2.29. The lowest BCUT2D eigenvalue weighted by molar-refractivity contribution is 1.09. The molecule has 0 saturated carbocycles. The van der Waals surface area contributed by atoms with Crippen molar-refractivity contribution in [2.75, 3.05) is 0 Å². The van der Waals surface area contributed by atoms with Gasteiger partial charge in [-0.25, -0.2) is 0 Å². The Balaban J connectivity index is 0. The highest BCUT2D eigenvalue weighted by molar-refractivity contribution is 6.00. The highest BCUT2D eigenvalue weighted by Crippen LogP contribution is 2.43.